The van der Waals surface area contributed by atoms with Crippen LogP contribution in [0.2, 0.25) is 0 Å². The summed E-state index contributed by atoms with van der Waals surface area (Å²) in [6.45, 7) is 5.20. The van der Waals surface area contributed by atoms with Gasteiger partial charge in [0.2, 0.25) is 0 Å². The van der Waals surface area contributed by atoms with Crippen LogP contribution in [0, 0.1) is 5.41 Å². The number of hydrogen-bond acceptors (Lipinski definition) is 3. The van der Waals surface area contributed by atoms with Crippen molar-refractivity contribution < 1.29 is 9.47 Å². The number of benzene rings is 1. The molecule has 1 aromatic rings. The highest BCUT2D eigenvalue weighted by Gasteiger charge is 2.61. The van der Waals surface area contributed by atoms with Crippen molar-refractivity contribution in [3.8, 4) is 11.5 Å². The highest BCUT2D eigenvalue weighted by atomic mass is 16.5. The van der Waals surface area contributed by atoms with E-state index in [0.29, 0.717) is 6.54 Å². The van der Waals surface area contributed by atoms with E-state index in [-0.39, 0.29) is 10.8 Å². The molecule has 2 N–H and O–H groups in total. The summed E-state index contributed by atoms with van der Waals surface area (Å²) >= 11 is 0. The molecule has 0 aliphatic heterocycles. The maximum absolute atomic E-state index is 5.97. The molecule has 1 aliphatic rings. The predicted molar refractivity (Wildman–Crippen MR) is 68.7 cm³/mol. The summed E-state index contributed by atoms with van der Waals surface area (Å²) in [5, 5.41) is 0. The van der Waals surface area contributed by atoms with Crippen LogP contribution in [0.25, 0.3) is 0 Å². The summed E-state index contributed by atoms with van der Waals surface area (Å²) in [5.74, 6) is 1.54. The van der Waals surface area contributed by atoms with Crippen molar-refractivity contribution in [2.24, 2.45) is 11.1 Å². The zero-order valence-corrected chi connectivity index (χ0v) is 11.0. The normalized spacial score (nSPS) is 25.5. The second-order valence-corrected chi connectivity index (χ2v) is 5.42. The number of ether oxygens (including phenoxy) is 2. The van der Waals surface area contributed by atoms with Crippen molar-refractivity contribution in [2.45, 2.75) is 25.7 Å². The van der Waals surface area contributed by atoms with Gasteiger partial charge in [-0.1, -0.05) is 19.9 Å². The molecule has 0 saturated heterocycles. The fourth-order valence-corrected chi connectivity index (χ4v) is 2.80. The van der Waals surface area contributed by atoms with E-state index in [1.165, 1.54) is 5.56 Å². The third-order valence-corrected chi connectivity index (χ3v) is 4.20. The van der Waals surface area contributed by atoms with Crippen LogP contribution in [-0.2, 0) is 5.41 Å². The molecular weight excluding hydrogens is 214 g/mol. The Labute approximate surface area is 103 Å². The van der Waals surface area contributed by atoms with Crippen molar-refractivity contribution in [3.63, 3.8) is 0 Å². The highest BCUT2D eigenvalue weighted by molar-refractivity contribution is 5.48. The Morgan fingerprint density at radius 2 is 1.76 bits per heavy atom. The monoisotopic (exact) mass is 235 g/mol. The van der Waals surface area contributed by atoms with E-state index in [4.69, 9.17) is 15.2 Å². The van der Waals surface area contributed by atoms with Gasteiger partial charge < -0.3 is 15.2 Å². The van der Waals surface area contributed by atoms with E-state index in [2.05, 4.69) is 26.0 Å². The van der Waals surface area contributed by atoms with Crippen LogP contribution in [-0.4, -0.2) is 20.8 Å². The van der Waals surface area contributed by atoms with Crippen LogP contribution in [0.1, 0.15) is 25.8 Å². The van der Waals surface area contributed by atoms with E-state index in [9.17, 15) is 0 Å². The van der Waals surface area contributed by atoms with Gasteiger partial charge in [0, 0.05) is 12.0 Å². The quantitative estimate of drug-likeness (QED) is 0.871. The second-order valence-electron chi connectivity index (χ2n) is 5.42. The van der Waals surface area contributed by atoms with Crippen molar-refractivity contribution in [3.05, 3.63) is 23.8 Å². The largest absolute Gasteiger partial charge is 0.493 e. The lowest BCUT2D eigenvalue weighted by Gasteiger charge is -2.20. The summed E-state index contributed by atoms with van der Waals surface area (Å²) in [4.78, 5) is 0. The molecule has 3 heteroatoms. The van der Waals surface area contributed by atoms with Gasteiger partial charge in [0.1, 0.15) is 0 Å². The Kier molecular flexibility index (Phi) is 2.82. The molecule has 94 valence electrons. The maximum atomic E-state index is 5.97. The van der Waals surface area contributed by atoms with Crippen molar-refractivity contribution in [2.75, 3.05) is 20.8 Å². The number of rotatable bonds is 4. The molecule has 0 spiro atoms. The average molecular weight is 235 g/mol. The van der Waals surface area contributed by atoms with E-state index >= 15 is 0 Å². The van der Waals surface area contributed by atoms with Crippen LogP contribution < -0.4 is 15.2 Å². The van der Waals surface area contributed by atoms with E-state index in [1.54, 1.807) is 14.2 Å². The molecule has 3 nitrogen and oxygen atoms in total. The Bertz CT molecular complexity index is 428. The summed E-state index contributed by atoms with van der Waals surface area (Å²) in [6, 6.07) is 6.11. The summed E-state index contributed by atoms with van der Waals surface area (Å²) in [6.07, 6.45) is 1.13. The van der Waals surface area contributed by atoms with Gasteiger partial charge in [-0.05, 0) is 29.5 Å². The molecule has 17 heavy (non-hydrogen) atoms. The van der Waals surface area contributed by atoms with Gasteiger partial charge in [-0.3, -0.25) is 0 Å². The smallest absolute Gasteiger partial charge is 0.161 e. The lowest BCUT2D eigenvalue weighted by atomic mass is 9.88. The first-order chi connectivity index (χ1) is 8.00. The standard InChI is InChI=1S/C14H21NO2/c1-13(2)8-14(13,9-15)10-5-6-11(16-3)12(7-10)17-4/h5-7H,8-9,15H2,1-4H3. The Hall–Kier alpha value is -1.22. The maximum Gasteiger partial charge on any atom is 0.161 e. The molecule has 1 saturated carbocycles. The van der Waals surface area contributed by atoms with Gasteiger partial charge in [-0.15, -0.1) is 0 Å². The Morgan fingerprint density at radius 3 is 2.18 bits per heavy atom. The SMILES string of the molecule is COc1ccc(C2(CN)CC2(C)C)cc1OC. The van der Waals surface area contributed by atoms with Gasteiger partial charge in [0.05, 0.1) is 14.2 Å². The van der Waals surface area contributed by atoms with Gasteiger partial charge >= 0.3 is 0 Å². The first-order valence-electron chi connectivity index (χ1n) is 5.93. The van der Waals surface area contributed by atoms with Crippen molar-refractivity contribution in [1.82, 2.24) is 0 Å². The minimum Gasteiger partial charge on any atom is -0.493 e. The second kappa shape index (κ2) is 3.91. The van der Waals surface area contributed by atoms with Gasteiger partial charge in [0.25, 0.3) is 0 Å². The van der Waals surface area contributed by atoms with Crippen LogP contribution in [0.4, 0.5) is 0 Å². The molecule has 0 aromatic heterocycles. The summed E-state index contributed by atoms with van der Waals surface area (Å²) in [7, 11) is 3.31. The van der Waals surface area contributed by atoms with E-state index < -0.39 is 0 Å². The number of methoxy groups -OCH3 is 2. The first kappa shape index (κ1) is 12.2. The fraction of sp³-hybridized carbons (Fsp3) is 0.571. The summed E-state index contributed by atoms with van der Waals surface area (Å²) in [5.41, 5.74) is 7.60. The zero-order chi connectivity index (χ0) is 12.7. The number of nitrogens with two attached hydrogens (primary N) is 1. The molecule has 0 heterocycles. The molecule has 1 aromatic carbocycles. The predicted octanol–water partition coefficient (Wildman–Crippen LogP) is 2.33. The van der Waals surface area contributed by atoms with Crippen LogP contribution in [0.5, 0.6) is 11.5 Å². The molecule has 1 unspecified atom stereocenters. The minimum absolute atomic E-state index is 0.104. The average Bonchev–Trinajstić information content (AvgIpc) is 2.92. The summed E-state index contributed by atoms with van der Waals surface area (Å²) < 4.78 is 10.6. The van der Waals surface area contributed by atoms with Gasteiger partial charge in [-0.2, -0.15) is 0 Å². The molecule has 1 fully saturated rings. The third kappa shape index (κ3) is 1.69. The third-order valence-electron chi connectivity index (χ3n) is 4.20. The Morgan fingerprint density at radius 1 is 1.18 bits per heavy atom. The first-order valence-corrected chi connectivity index (χ1v) is 5.93. The topological polar surface area (TPSA) is 44.5 Å². The molecule has 1 atom stereocenters. The van der Waals surface area contributed by atoms with E-state index in [1.807, 2.05) is 6.07 Å². The van der Waals surface area contributed by atoms with Crippen LogP contribution in [0.3, 0.4) is 0 Å². The molecule has 2 rings (SSSR count). The number of hydrogen-bond donors (Lipinski definition) is 1. The van der Waals surface area contributed by atoms with Gasteiger partial charge in [0.15, 0.2) is 11.5 Å². The molecular formula is C14H21NO2. The molecule has 0 bridgehead atoms. The van der Waals surface area contributed by atoms with Crippen molar-refractivity contribution >= 4 is 0 Å². The minimum atomic E-state index is 0.104. The molecule has 0 radical (unpaired) electrons. The van der Waals surface area contributed by atoms with Crippen LogP contribution >= 0.6 is 0 Å². The van der Waals surface area contributed by atoms with Gasteiger partial charge in [-0.25, -0.2) is 0 Å². The molecule has 1 aliphatic carbocycles. The fourth-order valence-electron chi connectivity index (χ4n) is 2.80. The van der Waals surface area contributed by atoms with Crippen molar-refractivity contribution in [1.29, 1.82) is 0 Å². The van der Waals surface area contributed by atoms with Crippen LogP contribution in [0.15, 0.2) is 18.2 Å². The lowest BCUT2D eigenvalue weighted by Crippen LogP contribution is -2.25. The van der Waals surface area contributed by atoms with E-state index in [0.717, 1.165) is 17.9 Å². The zero-order valence-electron chi connectivity index (χ0n) is 11.0. The molecule has 0 amide bonds. The Balaban J connectivity index is 2.41. The highest BCUT2D eigenvalue weighted by Crippen LogP contribution is 2.64. The lowest BCUT2D eigenvalue weighted by molar-refractivity contribution is 0.353.